The van der Waals surface area contributed by atoms with Gasteiger partial charge in [0, 0.05) is 22.7 Å². The Balaban J connectivity index is 1.59. The first-order valence-corrected chi connectivity index (χ1v) is 11.4. The van der Waals surface area contributed by atoms with E-state index in [0.717, 1.165) is 40.8 Å². The normalized spacial score (nSPS) is 15.2. The SMILES string of the molecule is COC(=O)c1c(-c2ccc(C)cc2)csc1NC(=O)CN1c2ccc(F)cc2CCC1C. The largest absolute Gasteiger partial charge is 0.465 e. The number of thiophene rings is 1. The number of ether oxygens (including phenoxy) is 1. The van der Waals surface area contributed by atoms with Gasteiger partial charge in [0.25, 0.3) is 0 Å². The molecule has 1 N–H and O–H groups in total. The van der Waals surface area contributed by atoms with Gasteiger partial charge in [-0.2, -0.15) is 0 Å². The monoisotopic (exact) mass is 452 g/mol. The van der Waals surface area contributed by atoms with E-state index in [9.17, 15) is 14.0 Å². The first-order chi connectivity index (χ1) is 15.4. The van der Waals surface area contributed by atoms with Crippen molar-refractivity contribution in [3.05, 3.63) is 70.4 Å². The highest BCUT2D eigenvalue weighted by Gasteiger charge is 2.27. The Bertz CT molecular complexity index is 1160. The number of anilines is 2. The first-order valence-electron chi connectivity index (χ1n) is 10.5. The van der Waals surface area contributed by atoms with Crippen LogP contribution in [-0.2, 0) is 16.0 Å². The van der Waals surface area contributed by atoms with Crippen LogP contribution in [0.25, 0.3) is 11.1 Å². The lowest BCUT2D eigenvalue weighted by molar-refractivity contribution is -0.115. The molecule has 0 aliphatic carbocycles. The molecule has 2 aromatic carbocycles. The van der Waals surface area contributed by atoms with Crippen molar-refractivity contribution in [2.75, 3.05) is 23.9 Å². The number of amides is 1. The van der Waals surface area contributed by atoms with Gasteiger partial charge in [-0.3, -0.25) is 4.79 Å². The molecule has 166 valence electrons. The van der Waals surface area contributed by atoms with Crippen LogP contribution < -0.4 is 10.2 Å². The molecule has 2 heterocycles. The molecule has 1 aliphatic rings. The van der Waals surface area contributed by atoms with Crippen LogP contribution in [0.2, 0.25) is 0 Å². The van der Waals surface area contributed by atoms with Crippen molar-refractivity contribution >= 4 is 33.9 Å². The fourth-order valence-corrected chi connectivity index (χ4v) is 5.03. The van der Waals surface area contributed by atoms with Gasteiger partial charge in [-0.15, -0.1) is 11.3 Å². The topological polar surface area (TPSA) is 58.6 Å². The molecule has 1 amide bonds. The van der Waals surface area contributed by atoms with Gasteiger partial charge in [0.1, 0.15) is 16.4 Å². The van der Waals surface area contributed by atoms with E-state index in [2.05, 4.69) is 12.2 Å². The molecule has 0 radical (unpaired) electrons. The summed E-state index contributed by atoms with van der Waals surface area (Å²) in [6.07, 6.45) is 1.62. The molecule has 7 heteroatoms. The van der Waals surface area contributed by atoms with E-state index in [1.54, 1.807) is 6.07 Å². The lowest BCUT2D eigenvalue weighted by Gasteiger charge is -2.36. The molecular formula is C25H25FN2O3S. The predicted molar refractivity (Wildman–Crippen MR) is 126 cm³/mol. The Morgan fingerprint density at radius 3 is 2.69 bits per heavy atom. The molecule has 0 bridgehead atoms. The Morgan fingerprint density at radius 1 is 1.22 bits per heavy atom. The van der Waals surface area contributed by atoms with Crippen molar-refractivity contribution in [2.45, 2.75) is 32.7 Å². The predicted octanol–water partition coefficient (Wildman–Crippen LogP) is 5.43. The van der Waals surface area contributed by atoms with Crippen LogP contribution in [0.3, 0.4) is 0 Å². The number of hydrogen-bond acceptors (Lipinski definition) is 5. The minimum absolute atomic E-state index is 0.109. The fraction of sp³-hybridized carbons (Fsp3) is 0.280. The number of carbonyl (C=O) groups excluding carboxylic acids is 2. The summed E-state index contributed by atoms with van der Waals surface area (Å²) in [4.78, 5) is 27.5. The second-order valence-corrected chi connectivity index (χ2v) is 8.93. The van der Waals surface area contributed by atoms with Gasteiger partial charge in [-0.1, -0.05) is 29.8 Å². The molecule has 3 aromatic rings. The summed E-state index contributed by atoms with van der Waals surface area (Å²) in [5.41, 5.74) is 4.86. The van der Waals surface area contributed by atoms with E-state index in [4.69, 9.17) is 4.74 Å². The number of aryl methyl sites for hydroxylation is 2. The third-order valence-electron chi connectivity index (χ3n) is 5.82. The zero-order chi connectivity index (χ0) is 22.8. The number of benzene rings is 2. The van der Waals surface area contributed by atoms with Crippen LogP contribution in [0.5, 0.6) is 0 Å². The zero-order valence-corrected chi connectivity index (χ0v) is 19.1. The Labute approximate surface area is 190 Å². The van der Waals surface area contributed by atoms with Gasteiger partial charge < -0.3 is 15.0 Å². The second kappa shape index (κ2) is 9.12. The Hall–Kier alpha value is -3.19. The summed E-state index contributed by atoms with van der Waals surface area (Å²) in [6, 6.07) is 12.7. The average molecular weight is 453 g/mol. The van der Waals surface area contributed by atoms with Gasteiger partial charge in [0.15, 0.2) is 0 Å². The number of nitrogens with one attached hydrogen (secondary N) is 1. The van der Waals surface area contributed by atoms with E-state index in [1.165, 1.54) is 30.6 Å². The Morgan fingerprint density at radius 2 is 1.97 bits per heavy atom. The van der Waals surface area contributed by atoms with Crippen LogP contribution in [-0.4, -0.2) is 31.6 Å². The number of nitrogens with zero attached hydrogens (tertiary/aromatic N) is 1. The van der Waals surface area contributed by atoms with Crippen LogP contribution in [0.1, 0.15) is 34.8 Å². The highest BCUT2D eigenvalue weighted by molar-refractivity contribution is 7.15. The van der Waals surface area contributed by atoms with E-state index < -0.39 is 5.97 Å². The van der Waals surface area contributed by atoms with Crippen molar-refractivity contribution < 1.29 is 18.7 Å². The number of halogens is 1. The molecule has 1 aromatic heterocycles. The molecule has 1 unspecified atom stereocenters. The Kier molecular flexibility index (Phi) is 6.28. The molecule has 0 fully saturated rings. The summed E-state index contributed by atoms with van der Waals surface area (Å²) in [6.45, 7) is 4.16. The summed E-state index contributed by atoms with van der Waals surface area (Å²) in [7, 11) is 1.33. The van der Waals surface area contributed by atoms with Crippen molar-refractivity contribution in [1.29, 1.82) is 0 Å². The lowest BCUT2D eigenvalue weighted by atomic mass is 9.96. The summed E-state index contributed by atoms with van der Waals surface area (Å²) >= 11 is 1.30. The smallest absolute Gasteiger partial charge is 0.341 e. The van der Waals surface area contributed by atoms with Crippen LogP contribution >= 0.6 is 11.3 Å². The molecule has 0 saturated heterocycles. The van der Waals surface area contributed by atoms with Gasteiger partial charge in [-0.25, -0.2) is 9.18 Å². The number of rotatable bonds is 5. The maximum atomic E-state index is 13.6. The van der Waals surface area contributed by atoms with Crippen LogP contribution in [0.4, 0.5) is 15.1 Å². The number of fused-ring (bicyclic) bond motifs is 1. The maximum Gasteiger partial charge on any atom is 0.341 e. The van der Waals surface area contributed by atoms with Gasteiger partial charge in [-0.05, 0) is 56.0 Å². The molecular weight excluding hydrogens is 427 g/mol. The van der Waals surface area contributed by atoms with Crippen molar-refractivity contribution in [3.63, 3.8) is 0 Å². The lowest BCUT2D eigenvalue weighted by Crippen LogP contribution is -2.42. The number of methoxy groups -OCH3 is 1. The highest BCUT2D eigenvalue weighted by atomic mass is 32.1. The van der Waals surface area contributed by atoms with Gasteiger partial charge in [0.05, 0.1) is 13.7 Å². The standard InChI is InChI=1S/C25H25FN2O3S/c1-15-4-7-17(8-5-15)20-14-32-24(23(20)25(30)31-3)27-22(29)13-28-16(2)6-9-18-12-19(26)10-11-21(18)28/h4-5,7-8,10-12,14,16H,6,9,13H2,1-3H3,(H,27,29). The molecule has 5 nitrogen and oxygen atoms in total. The van der Waals surface area contributed by atoms with Gasteiger partial charge in [0.2, 0.25) is 5.91 Å². The summed E-state index contributed by atoms with van der Waals surface area (Å²) in [5.74, 6) is -1.01. The van der Waals surface area contributed by atoms with Crippen molar-refractivity contribution in [1.82, 2.24) is 0 Å². The minimum atomic E-state index is -0.496. The quantitative estimate of drug-likeness (QED) is 0.525. The molecule has 32 heavy (non-hydrogen) atoms. The van der Waals surface area contributed by atoms with E-state index >= 15 is 0 Å². The number of esters is 1. The molecule has 1 atom stereocenters. The summed E-state index contributed by atoms with van der Waals surface area (Å²) in [5, 5.41) is 5.22. The maximum absolute atomic E-state index is 13.6. The highest BCUT2D eigenvalue weighted by Crippen LogP contribution is 2.37. The van der Waals surface area contributed by atoms with Crippen LogP contribution in [0, 0.1) is 12.7 Å². The molecule has 0 spiro atoms. The third kappa shape index (κ3) is 4.39. The van der Waals surface area contributed by atoms with Gasteiger partial charge >= 0.3 is 5.97 Å². The molecule has 0 saturated carbocycles. The van der Waals surface area contributed by atoms with E-state index in [1.807, 2.05) is 41.5 Å². The molecule has 1 aliphatic heterocycles. The molecule has 4 rings (SSSR count). The average Bonchev–Trinajstić information content (AvgIpc) is 3.19. The fourth-order valence-electron chi connectivity index (χ4n) is 4.05. The van der Waals surface area contributed by atoms with E-state index in [-0.39, 0.29) is 24.3 Å². The zero-order valence-electron chi connectivity index (χ0n) is 18.3. The van der Waals surface area contributed by atoms with E-state index in [0.29, 0.717) is 10.6 Å². The minimum Gasteiger partial charge on any atom is -0.465 e. The first kappa shape index (κ1) is 22.0. The second-order valence-electron chi connectivity index (χ2n) is 8.05. The number of hydrogen-bond donors (Lipinski definition) is 1. The number of carbonyl (C=O) groups is 2. The van der Waals surface area contributed by atoms with Crippen molar-refractivity contribution in [3.8, 4) is 11.1 Å². The third-order valence-corrected chi connectivity index (χ3v) is 6.72. The summed E-state index contributed by atoms with van der Waals surface area (Å²) < 4.78 is 18.6. The van der Waals surface area contributed by atoms with Crippen LogP contribution in [0.15, 0.2) is 47.8 Å². The van der Waals surface area contributed by atoms with Crippen molar-refractivity contribution in [2.24, 2.45) is 0 Å².